The molecule has 0 radical (unpaired) electrons. The number of aliphatic hydroxyl groups excluding tert-OH is 1. The summed E-state index contributed by atoms with van der Waals surface area (Å²) >= 11 is 0. The summed E-state index contributed by atoms with van der Waals surface area (Å²) in [4.78, 5) is 24.2. The number of nitrogen functional groups attached to an aromatic ring is 1. The van der Waals surface area contributed by atoms with Gasteiger partial charge in [-0.1, -0.05) is 6.07 Å². The lowest BCUT2D eigenvalue weighted by Crippen LogP contribution is -2.39. The van der Waals surface area contributed by atoms with Crippen molar-refractivity contribution >= 4 is 17.3 Å². The van der Waals surface area contributed by atoms with Crippen LogP contribution in [0.1, 0.15) is 24.2 Å². The summed E-state index contributed by atoms with van der Waals surface area (Å²) in [6.45, 7) is 3.54. The van der Waals surface area contributed by atoms with E-state index in [2.05, 4.69) is 5.43 Å². The standard InChI is InChI=1S/C12H18N4O4/c1-8(2)15(6-7-17)12(18)9-4-3-5-10(16(19)20)11(9)14-13/h3-5,8,14,17H,6-7,13H2,1-2H3. The number of nitrogens with one attached hydrogen (secondary N) is 1. The fourth-order valence-electron chi connectivity index (χ4n) is 1.88. The van der Waals surface area contributed by atoms with Gasteiger partial charge in [0.1, 0.15) is 5.69 Å². The van der Waals surface area contributed by atoms with E-state index < -0.39 is 10.8 Å². The number of aliphatic hydroxyl groups is 1. The molecule has 0 heterocycles. The fourth-order valence-corrected chi connectivity index (χ4v) is 1.88. The van der Waals surface area contributed by atoms with Crippen molar-refractivity contribution in [1.29, 1.82) is 0 Å². The Morgan fingerprint density at radius 1 is 1.55 bits per heavy atom. The Kier molecular flexibility index (Phi) is 5.42. The number of benzene rings is 1. The Bertz CT molecular complexity index is 504. The zero-order valence-electron chi connectivity index (χ0n) is 11.4. The number of nitrogens with two attached hydrogens (primary N) is 1. The number of carbonyl (C=O) groups is 1. The molecule has 20 heavy (non-hydrogen) atoms. The molecular formula is C12H18N4O4. The molecule has 1 rings (SSSR count). The van der Waals surface area contributed by atoms with E-state index >= 15 is 0 Å². The van der Waals surface area contributed by atoms with E-state index in [9.17, 15) is 14.9 Å². The second-order valence-corrected chi connectivity index (χ2v) is 4.42. The van der Waals surface area contributed by atoms with Gasteiger partial charge in [-0.3, -0.25) is 20.8 Å². The first-order chi connectivity index (χ1) is 9.43. The van der Waals surface area contributed by atoms with Gasteiger partial charge < -0.3 is 15.4 Å². The van der Waals surface area contributed by atoms with Crippen molar-refractivity contribution in [2.45, 2.75) is 19.9 Å². The Balaban J connectivity index is 3.27. The number of hydrazine groups is 1. The summed E-state index contributed by atoms with van der Waals surface area (Å²) in [7, 11) is 0. The minimum Gasteiger partial charge on any atom is -0.395 e. The average molecular weight is 282 g/mol. The monoisotopic (exact) mass is 282 g/mol. The third-order valence-electron chi connectivity index (χ3n) is 2.84. The van der Waals surface area contributed by atoms with Gasteiger partial charge in [-0.25, -0.2) is 0 Å². The van der Waals surface area contributed by atoms with E-state index in [4.69, 9.17) is 10.9 Å². The summed E-state index contributed by atoms with van der Waals surface area (Å²) < 4.78 is 0. The van der Waals surface area contributed by atoms with Crippen LogP contribution in [-0.4, -0.2) is 40.0 Å². The number of rotatable bonds is 6. The number of carbonyl (C=O) groups excluding carboxylic acids is 1. The van der Waals surface area contributed by atoms with Gasteiger partial charge in [0, 0.05) is 18.7 Å². The van der Waals surface area contributed by atoms with E-state index in [0.717, 1.165) is 0 Å². The summed E-state index contributed by atoms with van der Waals surface area (Å²) in [5.41, 5.74) is 2.00. The zero-order valence-corrected chi connectivity index (χ0v) is 11.4. The Hall–Kier alpha value is -2.19. The number of anilines is 1. The first-order valence-electron chi connectivity index (χ1n) is 6.09. The molecule has 1 aromatic rings. The van der Waals surface area contributed by atoms with Gasteiger partial charge in [-0.05, 0) is 19.9 Å². The van der Waals surface area contributed by atoms with E-state index in [1.54, 1.807) is 13.8 Å². The Labute approximate surface area is 116 Å². The van der Waals surface area contributed by atoms with Crippen molar-refractivity contribution < 1.29 is 14.8 Å². The van der Waals surface area contributed by atoms with E-state index in [0.29, 0.717) is 0 Å². The molecular weight excluding hydrogens is 264 g/mol. The molecule has 0 aromatic heterocycles. The molecule has 4 N–H and O–H groups in total. The molecule has 0 aliphatic heterocycles. The van der Waals surface area contributed by atoms with E-state index in [-0.39, 0.29) is 36.1 Å². The molecule has 0 aliphatic rings. The summed E-state index contributed by atoms with van der Waals surface area (Å²) in [6, 6.07) is 3.98. The summed E-state index contributed by atoms with van der Waals surface area (Å²) in [6.07, 6.45) is 0. The molecule has 0 saturated carbocycles. The van der Waals surface area contributed by atoms with Crippen LogP contribution in [0.3, 0.4) is 0 Å². The molecule has 0 fully saturated rings. The third kappa shape index (κ3) is 3.22. The first kappa shape index (κ1) is 15.9. The molecule has 0 aliphatic carbocycles. The van der Waals surface area contributed by atoms with Crippen LogP contribution in [0.15, 0.2) is 18.2 Å². The van der Waals surface area contributed by atoms with Gasteiger partial charge in [0.25, 0.3) is 11.6 Å². The minimum absolute atomic E-state index is 0.0360. The second kappa shape index (κ2) is 6.83. The lowest BCUT2D eigenvalue weighted by Gasteiger charge is -2.26. The smallest absolute Gasteiger partial charge is 0.294 e. The van der Waals surface area contributed by atoms with Gasteiger partial charge in [-0.15, -0.1) is 0 Å². The summed E-state index contributed by atoms with van der Waals surface area (Å²) in [5, 5.41) is 19.9. The van der Waals surface area contributed by atoms with Gasteiger partial charge in [0.15, 0.2) is 0 Å². The molecule has 0 bridgehead atoms. The maximum absolute atomic E-state index is 12.4. The summed E-state index contributed by atoms with van der Waals surface area (Å²) in [5.74, 6) is 4.88. The zero-order chi connectivity index (χ0) is 15.3. The molecule has 1 amide bonds. The highest BCUT2D eigenvalue weighted by atomic mass is 16.6. The molecule has 0 spiro atoms. The minimum atomic E-state index is -0.613. The predicted molar refractivity (Wildman–Crippen MR) is 74.2 cm³/mol. The third-order valence-corrected chi connectivity index (χ3v) is 2.84. The van der Waals surface area contributed by atoms with Gasteiger partial charge in [0.2, 0.25) is 0 Å². The van der Waals surface area contributed by atoms with Crippen LogP contribution in [0.4, 0.5) is 11.4 Å². The maximum atomic E-state index is 12.4. The second-order valence-electron chi connectivity index (χ2n) is 4.42. The highest BCUT2D eigenvalue weighted by Gasteiger charge is 2.25. The highest BCUT2D eigenvalue weighted by molar-refractivity contribution is 6.01. The number of hydrogen-bond donors (Lipinski definition) is 3. The number of nitro benzene ring substituents is 1. The largest absolute Gasteiger partial charge is 0.395 e. The van der Waals surface area contributed by atoms with Gasteiger partial charge in [-0.2, -0.15) is 0 Å². The molecule has 0 saturated heterocycles. The lowest BCUT2D eigenvalue weighted by atomic mass is 10.1. The van der Waals surface area contributed by atoms with Gasteiger partial charge >= 0.3 is 0 Å². The molecule has 1 aromatic carbocycles. The molecule has 0 atom stereocenters. The van der Waals surface area contributed by atoms with Crippen LogP contribution >= 0.6 is 0 Å². The van der Waals surface area contributed by atoms with Crippen LogP contribution in [0.25, 0.3) is 0 Å². The van der Waals surface area contributed by atoms with Crippen molar-refractivity contribution in [3.63, 3.8) is 0 Å². The van der Waals surface area contributed by atoms with Crippen LogP contribution in [-0.2, 0) is 0 Å². The number of para-hydroxylation sites is 1. The molecule has 8 heteroatoms. The molecule has 110 valence electrons. The van der Waals surface area contributed by atoms with Crippen molar-refractivity contribution in [3.05, 3.63) is 33.9 Å². The average Bonchev–Trinajstić information content (AvgIpc) is 2.42. The number of amides is 1. The lowest BCUT2D eigenvalue weighted by molar-refractivity contribution is -0.384. The number of nitrogens with zero attached hydrogens (tertiary/aromatic N) is 2. The SMILES string of the molecule is CC(C)N(CCO)C(=O)c1cccc([N+](=O)[O-])c1NN. The van der Waals surface area contributed by atoms with E-state index in [1.165, 1.54) is 23.1 Å². The fraction of sp³-hybridized carbons (Fsp3) is 0.417. The van der Waals surface area contributed by atoms with Crippen LogP contribution in [0.5, 0.6) is 0 Å². The van der Waals surface area contributed by atoms with Crippen molar-refractivity contribution in [2.24, 2.45) is 5.84 Å². The van der Waals surface area contributed by atoms with Gasteiger partial charge in [0.05, 0.1) is 17.1 Å². The predicted octanol–water partition coefficient (Wildman–Crippen LogP) is 0.723. The molecule has 0 unspecified atom stereocenters. The van der Waals surface area contributed by atoms with Crippen molar-refractivity contribution in [3.8, 4) is 0 Å². The first-order valence-corrected chi connectivity index (χ1v) is 6.09. The van der Waals surface area contributed by atoms with Crippen molar-refractivity contribution in [1.82, 2.24) is 4.90 Å². The van der Waals surface area contributed by atoms with Crippen LogP contribution < -0.4 is 11.3 Å². The topological polar surface area (TPSA) is 122 Å². The maximum Gasteiger partial charge on any atom is 0.294 e. The highest BCUT2D eigenvalue weighted by Crippen LogP contribution is 2.28. The Morgan fingerprint density at radius 3 is 2.65 bits per heavy atom. The molecule has 8 nitrogen and oxygen atoms in total. The quantitative estimate of drug-likeness (QED) is 0.401. The van der Waals surface area contributed by atoms with Crippen molar-refractivity contribution in [2.75, 3.05) is 18.6 Å². The number of hydrogen-bond acceptors (Lipinski definition) is 6. The van der Waals surface area contributed by atoms with E-state index in [1.807, 2.05) is 0 Å². The number of nitro groups is 1. The normalized spacial score (nSPS) is 10.4. The Morgan fingerprint density at radius 2 is 2.20 bits per heavy atom. The van der Waals surface area contributed by atoms with Crippen LogP contribution in [0, 0.1) is 10.1 Å². The van der Waals surface area contributed by atoms with Crippen LogP contribution in [0.2, 0.25) is 0 Å².